The normalized spacial score (nSPS) is 21.5. The number of nitrogens with one attached hydrogen (secondary N) is 1. The molecule has 1 amide bonds. The van der Waals surface area contributed by atoms with E-state index in [0.717, 1.165) is 34.5 Å². The van der Waals surface area contributed by atoms with Crippen LogP contribution in [0.5, 0.6) is 0 Å². The van der Waals surface area contributed by atoms with E-state index in [4.69, 9.17) is 0 Å². The summed E-state index contributed by atoms with van der Waals surface area (Å²) in [4.78, 5) is 18.3. The predicted molar refractivity (Wildman–Crippen MR) is 107 cm³/mol. The van der Waals surface area contributed by atoms with E-state index in [0.29, 0.717) is 0 Å². The van der Waals surface area contributed by atoms with Crippen LogP contribution >= 0.6 is 11.8 Å². The van der Waals surface area contributed by atoms with Crippen LogP contribution in [0.2, 0.25) is 0 Å². The number of amides is 1. The number of benzene rings is 3. The molecule has 1 fully saturated rings. The van der Waals surface area contributed by atoms with E-state index in [-0.39, 0.29) is 5.91 Å². The number of thioether (sulfide) groups is 1. The number of carbonyl (C=O) groups excluding carboxylic acids is 1. The molecule has 1 unspecified atom stereocenters. The second-order valence-corrected chi connectivity index (χ2v) is 8.18. The summed E-state index contributed by atoms with van der Waals surface area (Å²) < 4.78 is 0. The number of fused-ring (bicyclic) bond motifs is 6. The Morgan fingerprint density at radius 3 is 2.62 bits per heavy atom. The molecule has 6 rings (SSSR count). The number of aromatic nitrogens is 1. The number of nitrogens with zero attached hydrogens (tertiary/aromatic N) is 1. The van der Waals surface area contributed by atoms with E-state index >= 15 is 0 Å². The van der Waals surface area contributed by atoms with Crippen LogP contribution in [0.1, 0.15) is 21.5 Å². The molecule has 3 nitrogen and oxygen atoms in total. The summed E-state index contributed by atoms with van der Waals surface area (Å²) in [6, 6.07) is 23.0. The van der Waals surface area contributed by atoms with Crippen molar-refractivity contribution in [3.05, 3.63) is 83.4 Å². The molecule has 2 aliphatic rings. The molecule has 26 heavy (non-hydrogen) atoms. The maximum absolute atomic E-state index is 13.1. The smallest absolute Gasteiger partial charge is 0.255 e. The van der Waals surface area contributed by atoms with Gasteiger partial charge in [-0.05, 0) is 12.1 Å². The monoisotopic (exact) mass is 356 g/mol. The van der Waals surface area contributed by atoms with Gasteiger partial charge >= 0.3 is 0 Å². The molecule has 3 aromatic carbocycles. The van der Waals surface area contributed by atoms with Crippen LogP contribution in [0.25, 0.3) is 21.8 Å². The fourth-order valence-electron chi connectivity index (χ4n) is 4.62. The lowest BCUT2D eigenvalue weighted by atomic mass is 9.95. The van der Waals surface area contributed by atoms with Crippen LogP contribution in [0.4, 0.5) is 0 Å². The molecule has 0 aliphatic carbocycles. The van der Waals surface area contributed by atoms with Crippen molar-refractivity contribution in [3.63, 3.8) is 0 Å². The predicted octanol–water partition coefficient (Wildman–Crippen LogP) is 4.72. The van der Waals surface area contributed by atoms with E-state index in [1.165, 1.54) is 16.3 Å². The third-order valence-electron chi connectivity index (χ3n) is 5.68. The Morgan fingerprint density at radius 1 is 0.885 bits per heavy atom. The summed E-state index contributed by atoms with van der Waals surface area (Å²) in [5.41, 5.74) is 5.43. The summed E-state index contributed by atoms with van der Waals surface area (Å²) in [5.74, 6) is 1.11. The number of aromatic amines is 1. The molecule has 4 aromatic rings. The first-order chi connectivity index (χ1) is 12.8. The fourth-order valence-corrected chi connectivity index (χ4v) is 6.18. The van der Waals surface area contributed by atoms with Crippen molar-refractivity contribution in [3.8, 4) is 0 Å². The summed E-state index contributed by atoms with van der Waals surface area (Å²) >= 11 is 1.87. The van der Waals surface area contributed by atoms with Crippen LogP contribution in [0.3, 0.4) is 0 Å². The molecule has 1 N–H and O–H groups in total. The molecule has 3 heterocycles. The highest BCUT2D eigenvalue weighted by atomic mass is 32.2. The molecule has 2 aliphatic heterocycles. The van der Waals surface area contributed by atoms with Gasteiger partial charge in [0.25, 0.3) is 5.91 Å². The molecule has 0 spiro atoms. The van der Waals surface area contributed by atoms with Gasteiger partial charge in [-0.3, -0.25) is 4.79 Å². The van der Waals surface area contributed by atoms with Gasteiger partial charge in [0.1, 0.15) is 4.87 Å². The Balaban J connectivity index is 1.74. The average Bonchev–Trinajstić information content (AvgIpc) is 3.34. The second-order valence-electron chi connectivity index (χ2n) is 6.89. The Morgan fingerprint density at radius 2 is 1.65 bits per heavy atom. The molecule has 1 saturated heterocycles. The molecule has 0 radical (unpaired) electrons. The quantitative estimate of drug-likeness (QED) is 0.535. The van der Waals surface area contributed by atoms with Gasteiger partial charge in [0.2, 0.25) is 0 Å². The number of hydrogen-bond donors (Lipinski definition) is 1. The van der Waals surface area contributed by atoms with Gasteiger partial charge in [-0.1, -0.05) is 54.6 Å². The van der Waals surface area contributed by atoms with Crippen molar-refractivity contribution in [2.45, 2.75) is 4.87 Å². The van der Waals surface area contributed by atoms with Crippen LogP contribution in [0, 0.1) is 0 Å². The van der Waals surface area contributed by atoms with Crippen molar-refractivity contribution >= 4 is 39.5 Å². The Kier molecular flexibility index (Phi) is 2.73. The third-order valence-corrected chi connectivity index (χ3v) is 7.14. The lowest BCUT2D eigenvalue weighted by Gasteiger charge is -2.33. The molecular formula is C22H16N2OS. The summed E-state index contributed by atoms with van der Waals surface area (Å²) in [7, 11) is 0. The van der Waals surface area contributed by atoms with Crippen LogP contribution in [-0.4, -0.2) is 28.1 Å². The van der Waals surface area contributed by atoms with E-state index in [2.05, 4.69) is 58.4 Å². The van der Waals surface area contributed by atoms with Crippen LogP contribution in [0.15, 0.2) is 66.7 Å². The van der Waals surface area contributed by atoms with Gasteiger partial charge in [0, 0.05) is 45.3 Å². The van der Waals surface area contributed by atoms with Gasteiger partial charge in [-0.2, -0.15) is 0 Å². The van der Waals surface area contributed by atoms with Crippen molar-refractivity contribution in [2.24, 2.45) is 0 Å². The van der Waals surface area contributed by atoms with Gasteiger partial charge in [-0.15, -0.1) is 11.8 Å². The van der Waals surface area contributed by atoms with E-state index in [9.17, 15) is 4.79 Å². The molecule has 126 valence electrons. The van der Waals surface area contributed by atoms with Crippen molar-refractivity contribution in [1.29, 1.82) is 0 Å². The van der Waals surface area contributed by atoms with E-state index in [1.807, 2.05) is 30.0 Å². The summed E-state index contributed by atoms with van der Waals surface area (Å²) in [6.07, 6.45) is 0. The zero-order valence-corrected chi connectivity index (χ0v) is 14.8. The zero-order chi connectivity index (χ0) is 17.3. The maximum atomic E-state index is 13.1. The molecular weight excluding hydrogens is 340 g/mol. The van der Waals surface area contributed by atoms with Gasteiger partial charge in [0.15, 0.2) is 0 Å². The van der Waals surface area contributed by atoms with E-state index < -0.39 is 4.87 Å². The minimum atomic E-state index is -0.423. The summed E-state index contributed by atoms with van der Waals surface area (Å²) in [6.45, 7) is 0.787. The molecule has 4 heteroatoms. The van der Waals surface area contributed by atoms with Gasteiger partial charge < -0.3 is 9.88 Å². The minimum Gasteiger partial charge on any atom is -0.354 e. The Bertz CT molecular complexity index is 1210. The highest BCUT2D eigenvalue weighted by Gasteiger charge is 2.54. The van der Waals surface area contributed by atoms with Crippen LogP contribution in [-0.2, 0) is 4.87 Å². The SMILES string of the molecule is O=C1c2ccccc2C2(c3cccc4c3[nH]c3ccccc34)SCCN12. The fraction of sp³-hybridized carbons (Fsp3) is 0.136. The van der Waals surface area contributed by atoms with Crippen molar-refractivity contribution in [1.82, 2.24) is 9.88 Å². The number of para-hydroxylation sites is 2. The van der Waals surface area contributed by atoms with Gasteiger partial charge in [0.05, 0.1) is 5.52 Å². The first-order valence-electron chi connectivity index (χ1n) is 8.86. The number of rotatable bonds is 1. The largest absolute Gasteiger partial charge is 0.354 e. The highest BCUT2D eigenvalue weighted by Crippen LogP contribution is 2.56. The number of hydrogen-bond acceptors (Lipinski definition) is 2. The molecule has 0 saturated carbocycles. The minimum absolute atomic E-state index is 0.152. The highest BCUT2D eigenvalue weighted by molar-refractivity contribution is 8.00. The second kappa shape index (κ2) is 4.92. The molecule has 0 bridgehead atoms. The van der Waals surface area contributed by atoms with Crippen LogP contribution < -0.4 is 0 Å². The maximum Gasteiger partial charge on any atom is 0.255 e. The standard InChI is InChI=1S/C22H16N2OS/c25-21-16-7-1-3-9-17(16)22(24(21)12-13-26-22)18-10-5-8-15-14-6-2-4-11-19(14)23-20(15)18/h1-11,23H,12-13H2. The lowest BCUT2D eigenvalue weighted by molar-refractivity contribution is 0.0753. The average molecular weight is 356 g/mol. The first-order valence-corrected chi connectivity index (χ1v) is 9.84. The molecule has 1 aromatic heterocycles. The lowest BCUT2D eigenvalue weighted by Crippen LogP contribution is -2.37. The Hall–Kier alpha value is -2.72. The third kappa shape index (κ3) is 1.59. The van der Waals surface area contributed by atoms with Gasteiger partial charge in [-0.25, -0.2) is 0 Å². The Labute approximate surface area is 155 Å². The summed E-state index contributed by atoms with van der Waals surface area (Å²) in [5, 5.41) is 2.45. The van der Waals surface area contributed by atoms with E-state index in [1.54, 1.807) is 0 Å². The van der Waals surface area contributed by atoms with Crippen molar-refractivity contribution in [2.75, 3.05) is 12.3 Å². The zero-order valence-electron chi connectivity index (χ0n) is 14.0. The van der Waals surface area contributed by atoms with Crippen molar-refractivity contribution < 1.29 is 4.79 Å². The number of H-pyrrole nitrogens is 1. The first kappa shape index (κ1) is 14.4. The number of carbonyl (C=O) groups is 1. The topological polar surface area (TPSA) is 36.1 Å². The molecule has 1 atom stereocenters.